The molecule has 124 valence electrons. The number of amides is 2. The van der Waals surface area contributed by atoms with E-state index in [4.69, 9.17) is 10.5 Å². The molecule has 1 aliphatic heterocycles. The molecule has 9 nitrogen and oxygen atoms in total. The minimum atomic E-state index is -0.849. The third-order valence-corrected chi connectivity index (χ3v) is 3.45. The zero-order valence-electron chi connectivity index (χ0n) is 12.8. The van der Waals surface area contributed by atoms with Crippen LogP contribution in [0.4, 0.5) is 11.6 Å². The van der Waals surface area contributed by atoms with Crippen LogP contribution in [0.3, 0.4) is 0 Å². The third-order valence-electron chi connectivity index (χ3n) is 3.45. The minimum absolute atomic E-state index is 0.113. The number of aromatic nitrogens is 3. The van der Waals surface area contributed by atoms with Crippen molar-refractivity contribution in [2.45, 2.75) is 0 Å². The Hall–Kier alpha value is -3.07. The van der Waals surface area contributed by atoms with Crippen LogP contribution in [0.5, 0.6) is 0 Å². The maximum atomic E-state index is 12.6. The van der Waals surface area contributed by atoms with Crippen LogP contribution in [-0.4, -0.2) is 58.2 Å². The van der Waals surface area contributed by atoms with Crippen molar-refractivity contribution in [2.75, 3.05) is 31.6 Å². The second kappa shape index (κ2) is 7.01. The smallest absolute Gasteiger partial charge is 0.275 e. The lowest BCUT2D eigenvalue weighted by atomic mass is 10.2. The van der Waals surface area contributed by atoms with Gasteiger partial charge in [0.05, 0.1) is 13.2 Å². The van der Waals surface area contributed by atoms with Gasteiger partial charge >= 0.3 is 0 Å². The highest BCUT2D eigenvalue weighted by molar-refractivity contribution is 6.04. The van der Waals surface area contributed by atoms with Gasteiger partial charge in [0.2, 0.25) is 5.95 Å². The van der Waals surface area contributed by atoms with Gasteiger partial charge in [-0.05, 0) is 12.1 Å². The Morgan fingerprint density at radius 1 is 1.08 bits per heavy atom. The normalized spacial score (nSPS) is 14.2. The Morgan fingerprint density at radius 3 is 2.46 bits per heavy atom. The minimum Gasteiger partial charge on any atom is -0.378 e. The molecule has 0 radical (unpaired) electrons. The number of nitrogens with one attached hydrogen (secondary N) is 1. The number of benzene rings is 1. The fraction of sp³-hybridized carbons (Fsp3) is 0.267. The van der Waals surface area contributed by atoms with Crippen molar-refractivity contribution < 1.29 is 14.3 Å². The Labute approximate surface area is 137 Å². The number of para-hydroxylation sites is 1. The molecule has 24 heavy (non-hydrogen) atoms. The molecule has 0 saturated carbocycles. The average Bonchev–Trinajstić information content (AvgIpc) is 2.62. The zero-order valence-corrected chi connectivity index (χ0v) is 12.8. The molecule has 1 aromatic heterocycles. The van der Waals surface area contributed by atoms with Crippen LogP contribution < -0.4 is 11.1 Å². The monoisotopic (exact) mass is 328 g/mol. The van der Waals surface area contributed by atoms with Crippen LogP contribution in [-0.2, 0) is 4.74 Å². The largest absolute Gasteiger partial charge is 0.378 e. The maximum Gasteiger partial charge on any atom is 0.275 e. The van der Waals surface area contributed by atoms with Crippen molar-refractivity contribution in [2.24, 2.45) is 5.73 Å². The quantitative estimate of drug-likeness (QED) is 0.821. The Bertz CT molecular complexity index is 746. The SMILES string of the molecule is NC(=O)c1nnc(Nc2ccccc2)nc1C(=O)N1CCOCC1. The van der Waals surface area contributed by atoms with Gasteiger partial charge in [-0.3, -0.25) is 9.59 Å². The van der Waals surface area contributed by atoms with E-state index in [9.17, 15) is 9.59 Å². The van der Waals surface area contributed by atoms with Gasteiger partial charge < -0.3 is 20.7 Å². The van der Waals surface area contributed by atoms with Gasteiger partial charge in [0.1, 0.15) is 0 Å². The molecule has 0 unspecified atom stereocenters. The molecule has 1 aromatic carbocycles. The van der Waals surface area contributed by atoms with Crippen LogP contribution >= 0.6 is 0 Å². The van der Waals surface area contributed by atoms with Crippen molar-refractivity contribution in [3.8, 4) is 0 Å². The Kier molecular flexibility index (Phi) is 4.62. The molecule has 0 aliphatic carbocycles. The van der Waals surface area contributed by atoms with E-state index < -0.39 is 11.8 Å². The summed E-state index contributed by atoms with van der Waals surface area (Å²) in [5.74, 6) is -1.15. The molecule has 1 aliphatic rings. The van der Waals surface area contributed by atoms with E-state index in [2.05, 4.69) is 20.5 Å². The van der Waals surface area contributed by atoms with Crippen molar-refractivity contribution in [1.29, 1.82) is 0 Å². The molecule has 0 spiro atoms. The topological polar surface area (TPSA) is 123 Å². The molecule has 0 bridgehead atoms. The number of morpholine rings is 1. The molecule has 3 rings (SSSR count). The van der Waals surface area contributed by atoms with E-state index in [0.29, 0.717) is 26.3 Å². The number of anilines is 2. The van der Waals surface area contributed by atoms with Crippen molar-refractivity contribution >= 4 is 23.5 Å². The summed E-state index contributed by atoms with van der Waals surface area (Å²) in [6.07, 6.45) is 0. The second-order valence-electron chi connectivity index (χ2n) is 5.09. The number of hydrogen-bond donors (Lipinski definition) is 2. The number of hydrogen-bond acceptors (Lipinski definition) is 7. The van der Waals surface area contributed by atoms with E-state index in [1.165, 1.54) is 0 Å². The number of carbonyl (C=O) groups excluding carboxylic acids is 2. The second-order valence-corrected chi connectivity index (χ2v) is 5.09. The first-order valence-electron chi connectivity index (χ1n) is 7.39. The third kappa shape index (κ3) is 3.46. The lowest BCUT2D eigenvalue weighted by Gasteiger charge is -2.26. The number of rotatable bonds is 4. The number of nitrogens with two attached hydrogens (primary N) is 1. The first kappa shape index (κ1) is 15.8. The van der Waals surface area contributed by atoms with Crippen LogP contribution in [0.2, 0.25) is 0 Å². The van der Waals surface area contributed by atoms with Gasteiger partial charge in [-0.1, -0.05) is 18.2 Å². The molecule has 9 heteroatoms. The Morgan fingerprint density at radius 2 is 1.79 bits per heavy atom. The van der Waals surface area contributed by atoms with E-state index in [-0.39, 0.29) is 17.3 Å². The summed E-state index contributed by atoms with van der Waals surface area (Å²) in [4.78, 5) is 29.9. The number of nitrogens with zero attached hydrogens (tertiary/aromatic N) is 4. The highest BCUT2D eigenvalue weighted by atomic mass is 16.5. The molecule has 2 amide bonds. The van der Waals surface area contributed by atoms with E-state index >= 15 is 0 Å². The summed E-state index contributed by atoms with van der Waals surface area (Å²) in [5, 5.41) is 10.5. The standard InChI is InChI=1S/C15H16N6O3/c16-13(22)11-12(14(23)21-6-8-24-9-7-21)18-15(20-19-11)17-10-4-2-1-3-5-10/h1-5H,6-9H2,(H2,16,22)(H,17,18,20). The molecular formula is C15H16N6O3. The van der Waals surface area contributed by atoms with E-state index in [1.807, 2.05) is 30.3 Å². The highest BCUT2D eigenvalue weighted by Gasteiger charge is 2.26. The molecule has 2 heterocycles. The fourth-order valence-corrected chi connectivity index (χ4v) is 2.26. The number of ether oxygens (including phenoxy) is 1. The van der Waals surface area contributed by atoms with Gasteiger partial charge in [-0.15, -0.1) is 10.2 Å². The van der Waals surface area contributed by atoms with Crippen LogP contribution in [0.25, 0.3) is 0 Å². The fourth-order valence-electron chi connectivity index (χ4n) is 2.26. The number of carbonyl (C=O) groups is 2. The molecule has 1 fully saturated rings. The van der Waals surface area contributed by atoms with Crippen molar-refractivity contribution in [3.05, 3.63) is 41.7 Å². The lowest BCUT2D eigenvalue weighted by Crippen LogP contribution is -2.42. The average molecular weight is 328 g/mol. The van der Waals surface area contributed by atoms with Crippen LogP contribution in [0.15, 0.2) is 30.3 Å². The molecule has 1 saturated heterocycles. The first-order valence-corrected chi connectivity index (χ1v) is 7.39. The molecule has 3 N–H and O–H groups in total. The van der Waals surface area contributed by atoms with Crippen molar-refractivity contribution in [3.63, 3.8) is 0 Å². The summed E-state index contributed by atoms with van der Waals surface area (Å²) in [5.41, 5.74) is 5.66. The Balaban J connectivity index is 1.91. The summed E-state index contributed by atoms with van der Waals surface area (Å²) < 4.78 is 5.22. The van der Waals surface area contributed by atoms with E-state index in [0.717, 1.165) is 5.69 Å². The maximum absolute atomic E-state index is 12.6. The predicted molar refractivity (Wildman–Crippen MR) is 84.8 cm³/mol. The molecular weight excluding hydrogens is 312 g/mol. The highest BCUT2D eigenvalue weighted by Crippen LogP contribution is 2.14. The zero-order chi connectivity index (χ0) is 16.9. The number of primary amides is 1. The van der Waals surface area contributed by atoms with Gasteiger partial charge in [0.15, 0.2) is 11.4 Å². The summed E-state index contributed by atoms with van der Waals surface area (Å²) >= 11 is 0. The molecule has 2 aromatic rings. The summed E-state index contributed by atoms with van der Waals surface area (Å²) in [6.45, 7) is 1.71. The van der Waals surface area contributed by atoms with Crippen LogP contribution in [0, 0.1) is 0 Å². The van der Waals surface area contributed by atoms with Crippen LogP contribution in [0.1, 0.15) is 21.0 Å². The first-order chi connectivity index (χ1) is 11.6. The molecule has 0 atom stereocenters. The van der Waals surface area contributed by atoms with E-state index in [1.54, 1.807) is 4.90 Å². The summed E-state index contributed by atoms with van der Waals surface area (Å²) in [7, 11) is 0. The van der Waals surface area contributed by atoms with Gasteiger partial charge in [0.25, 0.3) is 11.8 Å². The van der Waals surface area contributed by atoms with Gasteiger partial charge in [-0.2, -0.15) is 0 Å². The summed E-state index contributed by atoms with van der Waals surface area (Å²) in [6, 6.07) is 9.18. The van der Waals surface area contributed by atoms with Gasteiger partial charge in [-0.25, -0.2) is 4.98 Å². The van der Waals surface area contributed by atoms with Crippen molar-refractivity contribution in [1.82, 2.24) is 20.1 Å². The lowest BCUT2D eigenvalue weighted by molar-refractivity contribution is 0.0297. The van der Waals surface area contributed by atoms with Gasteiger partial charge in [0, 0.05) is 18.8 Å². The predicted octanol–water partition coefficient (Wildman–Crippen LogP) is 0.186.